The summed E-state index contributed by atoms with van der Waals surface area (Å²) < 4.78 is 5.43. The predicted molar refractivity (Wildman–Crippen MR) is 86.5 cm³/mol. The fourth-order valence-electron chi connectivity index (χ4n) is 2.52. The zero-order valence-electron chi connectivity index (χ0n) is 11.7. The number of fused-ring (bicyclic) bond motifs is 1. The molecule has 0 aliphatic rings. The van der Waals surface area contributed by atoms with Crippen LogP contribution in [-0.4, -0.2) is 10.3 Å². The van der Waals surface area contributed by atoms with Crippen molar-refractivity contribution in [1.29, 1.82) is 0 Å². The van der Waals surface area contributed by atoms with Crippen molar-refractivity contribution in [2.24, 2.45) is 0 Å². The first kappa shape index (κ1) is 12.7. The van der Waals surface area contributed by atoms with Crippen molar-refractivity contribution < 1.29 is 9.63 Å². The van der Waals surface area contributed by atoms with Crippen LogP contribution in [0.4, 0.5) is 0 Å². The molecule has 1 aromatic heterocycles. The second-order valence-corrected chi connectivity index (χ2v) is 5.19. The van der Waals surface area contributed by atoms with E-state index in [0.717, 1.165) is 16.8 Å². The Morgan fingerprint density at radius 2 is 1.45 bits per heavy atom. The van der Waals surface area contributed by atoms with E-state index >= 15 is 0 Å². The SMILES string of the molecule is Oc1ccc(-c2cc(-c3ccc4ccccc4c3)no2)cc1. The first-order valence-electron chi connectivity index (χ1n) is 7.05. The number of phenolic OH excluding ortho intramolecular Hbond substituents is 1. The Morgan fingerprint density at radius 3 is 2.27 bits per heavy atom. The molecule has 0 saturated heterocycles. The lowest BCUT2D eigenvalue weighted by molar-refractivity contribution is 0.434. The molecule has 0 aliphatic heterocycles. The molecule has 22 heavy (non-hydrogen) atoms. The minimum atomic E-state index is 0.234. The Bertz CT molecular complexity index is 939. The lowest BCUT2D eigenvalue weighted by Gasteiger charge is -1.99. The Hall–Kier alpha value is -3.07. The zero-order chi connectivity index (χ0) is 14.9. The molecule has 0 spiro atoms. The largest absolute Gasteiger partial charge is 0.508 e. The first-order valence-corrected chi connectivity index (χ1v) is 7.05. The van der Waals surface area contributed by atoms with Gasteiger partial charge in [0.25, 0.3) is 0 Å². The summed E-state index contributed by atoms with van der Waals surface area (Å²) in [7, 11) is 0. The second-order valence-electron chi connectivity index (χ2n) is 5.19. The second kappa shape index (κ2) is 5.04. The fraction of sp³-hybridized carbons (Fsp3) is 0. The van der Waals surface area contributed by atoms with E-state index in [9.17, 15) is 5.11 Å². The highest BCUT2D eigenvalue weighted by Gasteiger charge is 2.09. The summed E-state index contributed by atoms with van der Waals surface area (Å²) in [6.07, 6.45) is 0. The van der Waals surface area contributed by atoms with Gasteiger partial charge in [0.1, 0.15) is 11.4 Å². The third-order valence-electron chi connectivity index (χ3n) is 3.71. The fourth-order valence-corrected chi connectivity index (χ4v) is 2.52. The lowest BCUT2D eigenvalue weighted by atomic mass is 10.0. The van der Waals surface area contributed by atoms with Crippen LogP contribution >= 0.6 is 0 Å². The summed E-state index contributed by atoms with van der Waals surface area (Å²) in [4.78, 5) is 0. The molecule has 0 aliphatic carbocycles. The van der Waals surface area contributed by atoms with Gasteiger partial charge in [0.15, 0.2) is 5.76 Å². The van der Waals surface area contributed by atoms with Crippen LogP contribution < -0.4 is 0 Å². The molecule has 4 aromatic rings. The predicted octanol–water partition coefficient (Wildman–Crippen LogP) is 4.87. The normalized spacial score (nSPS) is 10.9. The highest BCUT2D eigenvalue weighted by Crippen LogP contribution is 2.28. The molecular weight excluding hydrogens is 274 g/mol. The lowest BCUT2D eigenvalue weighted by Crippen LogP contribution is -1.78. The summed E-state index contributed by atoms with van der Waals surface area (Å²) >= 11 is 0. The number of aromatic hydroxyl groups is 1. The smallest absolute Gasteiger partial charge is 0.167 e. The third kappa shape index (κ3) is 2.23. The maximum Gasteiger partial charge on any atom is 0.167 e. The number of nitrogens with zero attached hydrogens (tertiary/aromatic N) is 1. The van der Waals surface area contributed by atoms with E-state index in [4.69, 9.17) is 4.52 Å². The van der Waals surface area contributed by atoms with Gasteiger partial charge < -0.3 is 9.63 Å². The number of hydrogen-bond donors (Lipinski definition) is 1. The molecular formula is C19H13NO2. The van der Waals surface area contributed by atoms with E-state index in [1.54, 1.807) is 24.3 Å². The van der Waals surface area contributed by atoms with Crippen molar-refractivity contribution in [1.82, 2.24) is 5.16 Å². The van der Waals surface area contributed by atoms with Gasteiger partial charge in [0, 0.05) is 17.2 Å². The molecule has 0 fully saturated rings. The van der Waals surface area contributed by atoms with E-state index in [1.165, 1.54) is 10.8 Å². The van der Waals surface area contributed by atoms with Gasteiger partial charge in [-0.1, -0.05) is 41.6 Å². The molecule has 0 saturated carbocycles. The van der Waals surface area contributed by atoms with Crippen LogP contribution in [0, 0.1) is 0 Å². The molecule has 0 amide bonds. The van der Waals surface area contributed by atoms with Crippen LogP contribution in [0.5, 0.6) is 5.75 Å². The molecule has 3 heteroatoms. The van der Waals surface area contributed by atoms with Crippen LogP contribution in [0.2, 0.25) is 0 Å². The summed E-state index contributed by atoms with van der Waals surface area (Å²) in [5.41, 5.74) is 2.71. The van der Waals surface area contributed by atoms with Crippen LogP contribution in [0.3, 0.4) is 0 Å². The van der Waals surface area contributed by atoms with Gasteiger partial charge in [-0.15, -0.1) is 0 Å². The number of benzene rings is 3. The van der Waals surface area contributed by atoms with Gasteiger partial charge in [0.05, 0.1) is 0 Å². The van der Waals surface area contributed by atoms with Gasteiger partial charge >= 0.3 is 0 Å². The number of rotatable bonds is 2. The maximum atomic E-state index is 9.34. The van der Waals surface area contributed by atoms with Gasteiger partial charge in [0.2, 0.25) is 0 Å². The molecule has 4 rings (SSSR count). The van der Waals surface area contributed by atoms with Crippen LogP contribution in [0.15, 0.2) is 77.3 Å². The standard InChI is InChI=1S/C19H13NO2/c21-17-9-7-14(8-10-17)19-12-18(20-22-19)16-6-5-13-3-1-2-4-15(13)11-16/h1-12,21H. The van der Waals surface area contributed by atoms with E-state index in [0.29, 0.717) is 5.76 Å². The zero-order valence-corrected chi connectivity index (χ0v) is 11.7. The monoisotopic (exact) mass is 287 g/mol. The molecule has 3 aromatic carbocycles. The summed E-state index contributed by atoms with van der Waals surface area (Å²) in [5.74, 6) is 0.918. The molecule has 3 nitrogen and oxygen atoms in total. The number of phenols is 1. The molecule has 0 radical (unpaired) electrons. The van der Waals surface area contributed by atoms with Crippen molar-refractivity contribution in [3.63, 3.8) is 0 Å². The maximum absolute atomic E-state index is 9.34. The topological polar surface area (TPSA) is 46.3 Å². The van der Waals surface area contributed by atoms with Crippen molar-refractivity contribution >= 4 is 10.8 Å². The van der Waals surface area contributed by atoms with Crippen molar-refractivity contribution in [2.75, 3.05) is 0 Å². The quantitative estimate of drug-likeness (QED) is 0.572. The van der Waals surface area contributed by atoms with Gasteiger partial charge in [-0.25, -0.2) is 0 Å². The highest BCUT2D eigenvalue weighted by molar-refractivity contribution is 5.87. The number of aromatic nitrogens is 1. The van der Waals surface area contributed by atoms with E-state index < -0.39 is 0 Å². The Labute approximate surface area is 127 Å². The Morgan fingerprint density at radius 1 is 0.727 bits per heavy atom. The van der Waals surface area contributed by atoms with Gasteiger partial charge in [-0.3, -0.25) is 0 Å². The van der Waals surface area contributed by atoms with Gasteiger partial charge in [-0.05, 0) is 41.1 Å². The molecule has 0 bridgehead atoms. The first-order chi connectivity index (χ1) is 10.8. The molecule has 106 valence electrons. The minimum absolute atomic E-state index is 0.234. The summed E-state index contributed by atoms with van der Waals surface area (Å²) in [5, 5.41) is 15.9. The van der Waals surface area contributed by atoms with Crippen LogP contribution in [0.25, 0.3) is 33.4 Å². The third-order valence-corrected chi connectivity index (χ3v) is 3.71. The minimum Gasteiger partial charge on any atom is -0.508 e. The highest BCUT2D eigenvalue weighted by atomic mass is 16.5. The Kier molecular flexibility index (Phi) is 2.90. The van der Waals surface area contributed by atoms with Crippen molar-refractivity contribution in [3.05, 3.63) is 72.8 Å². The molecule has 1 heterocycles. The summed E-state index contributed by atoms with van der Waals surface area (Å²) in [6.45, 7) is 0. The van der Waals surface area contributed by atoms with Crippen molar-refractivity contribution in [2.45, 2.75) is 0 Å². The van der Waals surface area contributed by atoms with Crippen molar-refractivity contribution in [3.8, 4) is 28.3 Å². The Balaban J connectivity index is 1.74. The average Bonchev–Trinajstić information content (AvgIpc) is 3.05. The summed E-state index contributed by atoms with van der Waals surface area (Å²) in [6, 6.07) is 23.2. The van der Waals surface area contributed by atoms with Gasteiger partial charge in [-0.2, -0.15) is 0 Å². The van der Waals surface area contributed by atoms with Crippen LogP contribution in [-0.2, 0) is 0 Å². The van der Waals surface area contributed by atoms with E-state index in [1.807, 2.05) is 24.3 Å². The molecule has 0 unspecified atom stereocenters. The average molecular weight is 287 g/mol. The van der Waals surface area contributed by atoms with E-state index in [2.05, 4.69) is 29.4 Å². The number of hydrogen-bond acceptors (Lipinski definition) is 3. The molecule has 0 atom stereocenters. The van der Waals surface area contributed by atoms with Crippen LogP contribution in [0.1, 0.15) is 0 Å². The molecule has 1 N–H and O–H groups in total. The van der Waals surface area contributed by atoms with E-state index in [-0.39, 0.29) is 5.75 Å².